The highest BCUT2D eigenvalue weighted by atomic mass is 19.3. The standard InChI is InChI=1S/C11H21F2NO/c1-11(2)5-4-9(15)8(6-11)14(3)7-10(12)13/h8-10,15H,4-7H2,1-3H3. The average Bonchev–Trinajstić information content (AvgIpc) is 2.08. The summed E-state index contributed by atoms with van der Waals surface area (Å²) in [6, 6.07) is -0.122. The van der Waals surface area contributed by atoms with E-state index in [1.165, 1.54) is 0 Å². The Bertz CT molecular complexity index is 209. The number of hydrogen-bond donors (Lipinski definition) is 1. The molecule has 1 saturated carbocycles. The van der Waals surface area contributed by atoms with Gasteiger partial charge in [0, 0.05) is 6.04 Å². The Kier molecular flexibility index (Phi) is 4.06. The Morgan fingerprint density at radius 2 is 2.07 bits per heavy atom. The van der Waals surface area contributed by atoms with E-state index in [2.05, 4.69) is 13.8 Å². The lowest BCUT2D eigenvalue weighted by Gasteiger charge is -2.42. The van der Waals surface area contributed by atoms with Crippen molar-refractivity contribution < 1.29 is 13.9 Å². The van der Waals surface area contributed by atoms with E-state index in [-0.39, 0.29) is 18.0 Å². The molecular weight excluding hydrogens is 200 g/mol. The Labute approximate surface area is 90.3 Å². The van der Waals surface area contributed by atoms with Crippen LogP contribution in [0, 0.1) is 5.41 Å². The van der Waals surface area contributed by atoms with Crippen LogP contribution in [-0.4, -0.2) is 42.2 Å². The molecule has 4 heteroatoms. The van der Waals surface area contributed by atoms with Gasteiger partial charge in [-0.3, -0.25) is 4.90 Å². The second-order valence-corrected chi connectivity index (χ2v) is 5.37. The third-order valence-corrected chi connectivity index (χ3v) is 3.31. The van der Waals surface area contributed by atoms with Crippen molar-refractivity contribution >= 4 is 0 Å². The molecule has 0 bridgehead atoms. The van der Waals surface area contributed by atoms with Gasteiger partial charge in [-0.1, -0.05) is 13.8 Å². The number of halogens is 2. The summed E-state index contributed by atoms with van der Waals surface area (Å²) in [5, 5.41) is 9.80. The minimum atomic E-state index is -2.33. The normalized spacial score (nSPS) is 31.2. The zero-order valence-electron chi connectivity index (χ0n) is 9.71. The van der Waals surface area contributed by atoms with Gasteiger partial charge in [-0.2, -0.15) is 0 Å². The molecule has 2 unspecified atom stereocenters. The molecule has 2 nitrogen and oxygen atoms in total. The summed E-state index contributed by atoms with van der Waals surface area (Å²) in [5.41, 5.74) is 0.153. The number of nitrogens with zero attached hydrogens (tertiary/aromatic N) is 1. The van der Waals surface area contributed by atoms with Gasteiger partial charge in [0.15, 0.2) is 0 Å². The smallest absolute Gasteiger partial charge is 0.251 e. The summed E-state index contributed by atoms with van der Waals surface area (Å²) in [7, 11) is 1.67. The molecule has 0 spiro atoms. The predicted molar refractivity (Wildman–Crippen MR) is 56.1 cm³/mol. The summed E-state index contributed by atoms with van der Waals surface area (Å²) >= 11 is 0. The maximum Gasteiger partial charge on any atom is 0.251 e. The zero-order valence-corrected chi connectivity index (χ0v) is 9.71. The first kappa shape index (κ1) is 12.8. The van der Waals surface area contributed by atoms with E-state index in [0.29, 0.717) is 6.42 Å². The quantitative estimate of drug-likeness (QED) is 0.789. The molecule has 90 valence electrons. The van der Waals surface area contributed by atoms with Crippen LogP contribution in [0.2, 0.25) is 0 Å². The van der Waals surface area contributed by atoms with Gasteiger partial charge >= 0.3 is 0 Å². The molecule has 1 N–H and O–H groups in total. The monoisotopic (exact) mass is 221 g/mol. The Hall–Kier alpha value is -0.220. The average molecular weight is 221 g/mol. The van der Waals surface area contributed by atoms with Gasteiger partial charge < -0.3 is 5.11 Å². The van der Waals surface area contributed by atoms with E-state index in [1.54, 1.807) is 11.9 Å². The lowest BCUT2D eigenvalue weighted by molar-refractivity contribution is -0.0260. The first-order valence-corrected chi connectivity index (χ1v) is 5.48. The van der Waals surface area contributed by atoms with E-state index in [0.717, 1.165) is 12.8 Å². The summed E-state index contributed by atoms with van der Waals surface area (Å²) in [4.78, 5) is 1.59. The number of likely N-dealkylation sites (N-methyl/N-ethyl adjacent to an activating group) is 1. The molecule has 2 atom stereocenters. The molecule has 1 aliphatic rings. The number of aliphatic hydroxyl groups excluding tert-OH is 1. The van der Waals surface area contributed by atoms with Gasteiger partial charge in [0.05, 0.1) is 12.6 Å². The van der Waals surface area contributed by atoms with Crippen molar-refractivity contribution in [1.29, 1.82) is 0 Å². The van der Waals surface area contributed by atoms with Gasteiger partial charge in [0.2, 0.25) is 0 Å². The molecule has 1 fully saturated rings. The van der Waals surface area contributed by atoms with Crippen molar-refractivity contribution in [3.63, 3.8) is 0 Å². The van der Waals surface area contributed by atoms with E-state index >= 15 is 0 Å². The molecule has 0 aromatic heterocycles. The van der Waals surface area contributed by atoms with Crippen molar-refractivity contribution in [3.8, 4) is 0 Å². The largest absolute Gasteiger partial charge is 0.391 e. The van der Waals surface area contributed by atoms with Crippen LogP contribution in [0.15, 0.2) is 0 Å². The maximum absolute atomic E-state index is 12.2. The summed E-state index contributed by atoms with van der Waals surface area (Å²) in [6.45, 7) is 4.00. The summed E-state index contributed by atoms with van der Waals surface area (Å²) < 4.78 is 24.5. The van der Waals surface area contributed by atoms with Crippen LogP contribution in [0.1, 0.15) is 33.1 Å². The number of aliphatic hydroxyl groups is 1. The summed E-state index contributed by atoms with van der Waals surface area (Å²) in [5.74, 6) is 0. The molecule has 0 amide bonds. The van der Waals surface area contributed by atoms with Crippen LogP contribution in [0.5, 0.6) is 0 Å². The van der Waals surface area contributed by atoms with Crippen molar-refractivity contribution in [1.82, 2.24) is 4.90 Å². The third-order valence-electron chi connectivity index (χ3n) is 3.31. The topological polar surface area (TPSA) is 23.5 Å². The summed E-state index contributed by atoms with van der Waals surface area (Å²) in [6.07, 6.45) is -0.315. The van der Waals surface area contributed by atoms with Gasteiger partial charge in [0.25, 0.3) is 6.43 Å². The van der Waals surface area contributed by atoms with Crippen LogP contribution >= 0.6 is 0 Å². The second-order valence-electron chi connectivity index (χ2n) is 5.37. The van der Waals surface area contributed by atoms with Crippen molar-refractivity contribution in [3.05, 3.63) is 0 Å². The Morgan fingerprint density at radius 3 is 2.60 bits per heavy atom. The molecule has 0 saturated heterocycles. The fourth-order valence-electron chi connectivity index (χ4n) is 2.34. The molecule has 1 rings (SSSR count). The molecule has 1 aliphatic carbocycles. The van der Waals surface area contributed by atoms with E-state index < -0.39 is 12.5 Å². The molecule has 0 heterocycles. The van der Waals surface area contributed by atoms with Crippen LogP contribution in [0.4, 0.5) is 8.78 Å². The highest BCUT2D eigenvalue weighted by molar-refractivity contribution is 4.89. The molecule has 15 heavy (non-hydrogen) atoms. The zero-order chi connectivity index (χ0) is 11.6. The molecule has 0 aliphatic heterocycles. The molecule has 0 aromatic rings. The van der Waals surface area contributed by atoms with Gasteiger partial charge in [-0.15, -0.1) is 0 Å². The van der Waals surface area contributed by atoms with Crippen LogP contribution in [-0.2, 0) is 0 Å². The highest BCUT2D eigenvalue weighted by Crippen LogP contribution is 2.37. The predicted octanol–water partition coefficient (Wildman–Crippen LogP) is 2.12. The van der Waals surface area contributed by atoms with E-state index in [4.69, 9.17) is 0 Å². The molecule has 0 aromatic carbocycles. The van der Waals surface area contributed by atoms with Crippen LogP contribution in [0.25, 0.3) is 0 Å². The Morgan fingerprint density at radius 1 is 1.47 bits per heavy atom. The fourth-order valence-corrected chi connectivity index (χ4v) is 2.34. The first-order chi connectivity index (χ1) is 6.82. The third kappa shape index (κ3) is 3.68. The number of alkyl halides is 2. The van der Waals surface area contributed by atoms with Gasteiger partial charge in [-0.25, -0.2) is 8.78 Å². The highest BCUT2D eigenvalue weighted by Gasteiger charge is 2.36. The van der Waals surface area contributed by atoms with E-state index in [1.807, 2.05) is 0 Å². The van der Waals surface area contributed by atoms with Crippen LogP contribution < -0.4 is 0 Å². The SMILES string of the molecule is CN(CC(F)F)C1CC(C)(C)CCC1O. The minimum absolute atomic E-state index is 0.122. The lowest BCUT2D eigenvalue weighted by Crippen LogP contribution is -2.48. The number of hydrogen-bond acceptors (Lipinski definition) is 2. The van der Waals surface area contributed by atoms with Gasteiger partial charge in [0.1, 0.15) is 0 Å². The van der Waals surface area contributed by atoms with Crippen molar-refractivity contribution in [2.75, 3.05) is 13.6 Å². The van der Waals surface area contributed by atoms with Crippen LogP contribution in [0.3, 0.4) is 0 Å². The fraction of sp³-hybridized carbons (Fsp3) is 1.00. The first-order valence-electron chi connectivity index (χ1n) is 5.48. The number of rotatable bonds is 3. The van der Waals surface area contributed by atoms with Crippen molar-refractivity contribution in [2.24, 2.45) is 5.41 Å². The lowest BCUT2D eigenvalue weighted by atomic mass is 9.73. The van der Waals surface area contributed by atoms with Crippen molar-refractivity contribution in [2.45, 2.75) is 51.7 Å². The Balaban J connectivity index is 2.57. The van der Waals surface area contributed by atoms with E-state index in [9.17, 15) is 13.9 Å². The molecule has 0 radical (unpaired) electrons. The van der Waals surface area contributed by atoms with Gasteiger partial charge in [-0.05, 0) is 31.7 Å². The maximum atomic E-state index is 12.2. The second kappa shape index (κ2) is 4.74. The minimum Gasteiger partial charge on any atom is -0.391 e. The molecular formula is C11H21F2NO.